The molecule has 0 saturated heterocycles. The number of rotatable bonds is 5. The van der Waals surface area contributed by atoms with Gasteiger partial charge in [-0.25, -0.2) is 0 Å². The summed E-state index contributed by atoms with van der Waals surface area (Å²) in [6, 6.07) is 0. The lowest BCUT2D eigenvalue weighted by Gasteiger charge is -2.12. The van der Waals surface area contributed by atoms with Crippen LogP contribution < -0.4 is 0 Å². The van der Waals surface area contributed by atoms with Gasteiger partial charge in [0.15, 0.2) is 0 Å². The van der Waals surface area contributed by atoms with Crippen LogP contribution in [0.25, 0.3) is 0 Å². The van der Waals surface area contributed by atoms with Crippen LogP contribution in [0.5, 0.6) is 0 Å². The van der Waals surface area contributed by atoms with E-state index >= 15 is 0 Å². The standard InChI is InChI=1S/C7H13Br2O3P/c1-6(7(9)4-8)5-13(10,11-2)12-3/h5,7H,4H2,1-3H3/b6-5-. The Kier molecular flexibility index (Phi) is 6.77. The van der Waals surface area contributed by atoms with Crippen LogP contribution in [0.1, 0.15) is 6.92 Å². The van der Waals surface area contributed by atoms with E-state index in [4.69, 9.17) is 9.05 Å². The first kappa shape index (κ1) is 13.8. The zero-order valence-corrected chi connectivity index (χ0v) is 11.9. The van der Waals surface area contributed by atoms with Crippen LogP contribution in [0.3, 0.4) is 0 Å². The first-order chi connectivity index (χ1) is 5.99. The van der Waals surface area contributed by atoms with E-state index in [-0.39, 0.29) is 4.83 Å². The highest BCUT2D eigenvalue weighted by molar-refractivity contribution is 9.12. The molecule has 0 bridgehead atoms. The zero-order valence-electron chi connectivity index (χ0n) is 7.79. The van der Waals surface area contributed by atoms with Gasteiger partial charge in [-0.15, -0.1) is 0 Å². The second-order valence-electron chi connectivity index (χ2n) is 2.40. The van der Waals surface area contributed by atoms with Crippen molar-refractivity contribution in [3.63, 3.8) is 0 Å². The van der Waals surface area contributed by atoms with E-state index in [0.29, 0.717) is 0 Å². The van der Waals surface area contributed by atoms with E-state index in [1.54, 1.807) is 0 Å². The molecule has 78 valence electrons. The summed E-state index contributed by atoms with van der Waals surface area (Å²) in [6.07, 6.45) is 0. The van der Waals surface area contributed by atoms with Gasteiger partial charge in [-0.3, -0.25) is 4.57 Å². The number of hydrogen-bond acceptors (Lipinski definition) is 3. The lowest BCUT2D eigenvalue weighted by atomic mass is 10.3. The van der Waals surface area contributed by atoms with E-state index in [0.717, 1.165) is 10.9 Å². The molecule has 0 aromatic carbocycles. The summed E-state index contributed by atoms with van der Waals surface area (Å²) in [5, 5.41) is 0.753. The molecule has 0 aliphatic rings. The molecule has 0 aliphatic heterocycles. The maximum absolute atomic E-state index is 11.6. The third-order valence-corrected chi connectivity index (χ3v) is 5.80. The highest BCUT2D eigenvalue weighted by atomic mass is 79.9. The summed E-state index contributed by atoms with van der Waals surface area (Å²) in [6.45, 7) is 1.87. The molecular formula is C7H13Br2O3P. The Morgan fingerprint density at radius 2 is 2.00 bits per heavy atom. The van der Waals surface area contributed by atoms with Crippen molar-refractivity contribution in [2.75, 3.05) is 19.5 Å². The number of hydrogen-bond donors (Lipinski definition) is 0. The first-order valence-electron chi connectivity index (χ1n) is 3.59. The van der Waals surface area contributed by atoms with Gasteiger partial charge >= 0.3 is 7.60 Å². The Morgan fingerprint density at radius 1 is 1.54 bits per heavy atom. The van der Waals surface area contributed by atoms with Crippen molar-refractivity contribution in [2.45, 2.75) is 11.8 Å². The third-order valence-electron chi connectivity index (χ3n) is 1.50. The van der Waals surface area contributed by atoms with Crippen molar-refractivity contribution in [3.05, 3.63) is 11.4 Å². The van der Waals surface area contributed by atoms with Crippen molar-refractivity contribution in [1.82, 2.24) is 0 Å². The maximum Gasteiger partial charge on any atom is 0.353 e. The van der Waals surface area contributed by atoms with Crippen LogP contribution in [-0.2, 0) is 13.6 Å². The second kappa shape index (κ2) is 6.36. The molecule has 0 saturated carbocycles. The molecule has 0 spiro atoms. The minimum Gasteiger partial charge on any atom is -0.309 e. The van der Waals surface area contributed by atoms with Crippen molar-refractivity contribution in [3.8, 4) is 0 Å². The molecule has 13 heavy (non-hydrogen) atoms. The molecule has 0 aromatic rings. The lowest BCUT2D eigenvalue weighted by Crippen LogP contribution is -2.01. The molecular weight excluding hydrogens is 323 g/mol. The van der Waals surface area contributed by atoms with Gasteiger partial charge in [0.05, 0.1) is 0 Å². The van der Waals surface area contributed by atoms with Crippen molar-refractivity contribution < 1.29 is 13.6 Å². The van der Waals surface area contributed by atoms with Gasteiger partial charge in [-0.05, 0) is 6.92 Å². The summed E-state index contributed by atoms with van der Waals surface area (Å²) in [4.78, 5) is 0.145. The summed E-state index contributed by atoms with van der Waals surface area (Å²) in [5.41, 5.74) is 0.920. The highest BCUT2D eigenvalue weighted by Gasteiger charge is 2.19. The van der Waals surface area contributed by atoms with Gasteiger partial charge in [0, 0.05) is 30.2 Å². The van der Waals surface area contributed by atoms with Gasteiger partial charge < -0.3 is 9.05 Å². The molecule has 6 heteroatoms. The van der Waals surface area contributed by atoms with E-state index in [9.17, 15) is 4.57 Å². The van der Waals surface area contributed by atoms with E-state index in [2.05, 4.69) is 31.9 Å². The Balaban J connectivity index is 4.61. The summed E-state index contributed by atoms with van der Waals surface area (Å²) in [7, 11) is -0.284. The minimum absolute atomic E-state index is 0.145. The summed E-state index contributed by atoms with van der Waals surface area (Å²) in [5.74, 6) is 1.52. The lowest BCUT2D eigenvalue weighted by molar-refractivity contribution is 0.286. The van der Waals surface area contributed by atoms with Crippen molar-refractivity contribution >= 4 is 39.5 Å². The van der Waals surface area contributed by atoms with Gasteiger partial charge in [0.25, 0.3) is 0 Å². The molecule has 1 unspecified atom stereocenters. The SMILES string of the molecule is COP(=O)(/C=C(/C)C(Br)CBr)OC. The topological polar surface area (TPSA) is 35.5 Å². The fourth-order valence-electron chi connectivity index (χ4n) is 0.632. The molecule has 0 radical (unpaired) electrons. The molecule has 0 N–H and O–H groups in total. The fourth-order valence-corrected chi connectivity index (χ4v) is 2.52. The third kappa shape index (κ3) is 4.75. The van der Waals surface area contributed by atoms with Crippen molar-refractivity contribution in [1.29, 1.82) is 0 Å². The Morgan fingerprint density at radius 3 is 2.31 bits per heavy atom. The van der Waals surface area contributed by atoms with Gasteiger partial charge in [-0.2, -0.15) is 0 Å². The van der Waals surface area contributed by atoms with E-state index in [1.165, 1.54) is 20.0 Å². The average Bonchev–Trinajstić information content (AvgIpc) is 2.16. The van der Waals surface area contributed by atoms with E-state index in [1.807, 2.05) is 6.92 Å². The second-order valence-corrected chi connectivity index (χ2v) is 6.22. The fraction of sp³-hybridized carbons (Fsp3) is 0.714. The van der Waals surface area contributed by atoms with Crippen LogP contribution in [0.4, 0.5) is 0 Å². The van der Waals surface area contributed by atoms with Gasteiger partial charge in [0.2, 0.25) is 0 Å². The Bertz CT molecular complexity index is 222. The molecule has 0 heterocycles. The number of alkyl halides is 2. The smallest absolute Gasteiger partial charge is 0.309 e. The molecule has 0 amide bonds. The normalized spacial score (nSPS) is 15.9. The average molecular weight is 336 g/mol. The Hall–Kier alpha value is 0.850. The van der Waals surface area contributed by atoms with Crippen LogP contribution in [0.15, 0.2) is 11.4 Å². The molecule has 0 aliphatic carbocycles. The Labute approximate surface area is 95.7 Å². The van der Waals surface area contributed by atoms with Crippen LogP contribution >= 0.6 is 39.5 Å². The molecule has 1 atom stereocenters. The quantitative estimate of drug-likeness (QED) is 0.569. The monoisotopic (exact) mass is 334 g/mol. The minimum atomic E-state index is -3.02. The van der Waals surface area contributed by atoms with Crippen LogP contribution in [0.2, 0.25) is 0 Å². The molecule has 3 nitrogen and oxygen atoms in total. The van der Waals surface area contributed by atoms with Crippen molar-refractivity contribution in [2.24, 2.45) is 0 Å². The van der Waals surface area contributed by atoms with Gasteiger partial charge in [0.1, 0.15) is 0 Å². The number of allylic oxidation sites excluding steroid dienone is 1. The zero-order chi connectivity index (χ0) is 10.5. The van der Waals surface area contributed by atoms with Crippen LogP contribution in [-0.4, -0.2) is 24.4 Å². The van der Waals surface area contributed by atoms with E-state index < -0.39 is 7.60 Å². The molecule has 0 rings (SSSR count). The highest BCUT2D eigenvalue weighted by Crippen LogP contribution is 2.49. The largest absolute Gasteiger partial charge is 0.353 e. The molecule has 0 fully saturated rings. The maximum atomic E-state index is 11.6. The predicted molar refractivity (Wildman–Crippen MR) is 61.9 cm³/mol. The predicted octanol–water partition coefficient (Wildman–Crippen LogP) is 3.53. The summed E-state index contributed by atoms with van der Waals surface area (Å²) >= 11 is 6.71. The van der Waals surface area contributed by atoms with Gasteiger partial charge in [-0.1, -0.05) is 37.4 Å². The summed E-state index contributed by atoms with van der Waals surface area (Å²) < 4.78 is 21.2. The first-order valence-corrected chi connectivity index (χ1v) is 7.24. The molecule has 0 aromatic heterocycles. The van der Waals surface area contributed by atoms with Crippen LogP contribution in [0, 0.1) is 0 Å². The number of halogens is 2.